The van der Waals surface area contributed by atoms with Gasteiger partial charge >= 0.3 is 5.69 Å². The Labute approximate surface area is 172 Å². The van der Waals surface area contributed by atoms with Gasteiger partial charge in [0.25, 0.3) is 5.69 Å². The van der Waals surface area contributed by atoms with E-state index in [1.54, 1.807) is 6.92 Å². The van der Waals surface area contributed by atoms with Crippen LogP contribution in [0, 0.1) is 44.3 Å². The minimum absolute atomic E-state index is 0.00133. The van der Waals surface area contributed by atoms with Gasteiger partial charge < -0.3 is 5.32 Å². The molecule has 12 nitrogen and oxygen atoms in total. The highest BCUT2D eigenvalue weighted by Crippen LogP contribution is 2.31. The highest BCUT2D eigenvalue weighted by atomic mass is 19.1. The molecule has 0 radical (unpaired) electrons. The summed E-state index contributed by atoms with van der Waals surface area (Å²) >= 11 is 0. The number of carbonyl (C=O) groups is 1. The Morgan fingerprint density at radius 3 is 2.48 bits per heavy atom. The van der Waals surface area contributed by atoms with Crippen LogP contribution in [0.5, 0.6) is 0 Å². The van der Waals surface area contributed by atoms with Crippen molar-refractivity contribution in [1.29, 1.82) is 5.26 Å². The Bertz CT molecular complexity index is 1300. The second-order valence-corrected chi connectivity index (χ2v) is 6.30. The van der Waals surface area contributed by atoms with Crippen LogP contribution in [-0.2, 0) is 0 Å². The lowest BCUT2D eigenvalue weighted by Crippen LogP contribution is -2.10. The van der Waals surface area contributed by atoms with Gasteiger partial charge in [0.15, 0.2) is 11.5 Å². The number of hydrogen-bond acceptors (Lipinski definition) is 9. The number of nitrogens with zero attached hydrogens (tertiary/aromatic N) is 6. The number of halogens is 1. The second-order valence-electron chi connectivity index (χ2n) is 6.30. The van der Waals surface area contributed by atoms with E-state index in [0.717, 1.165) is 19.2 Å². The van der Waals surface area contributed by atoms with Crippen LogP contribution in [0.3, 0.4) is 0 Å². The smallest absolute Gasteiger partial charge is 0.318 e. The van der Waals surface area contributed by atoms with Crippen LogP contribution in [-0.4, -0.2) is 30.4 Å². The molecule has 1 aromatic carbocycles. The number of carbonyl (C=O) groups excluding carboxylic acids is 1. The van der Waals surface area contributed by atoms with Gasteiger partial charge in [-0.25, -0.2) is 14.1 Å². The van der Waals surface area contributed by atoms with E-state index in [1.807, 2.05) is 6.07 Å². The van der Waals surface area contributed by atoms with E-state index < -0.39 is 32.8 Å². The summed E-state index contributed by atoms with van der Waals surface area (Å²) in [6, 6.07) is 6.22. The molecule has 0 aliphatic rings. The number of nitro groups is 2. The van der Waals surface area contributed by atoms with Gasteiger partial charge in [0.1, 0.15) is 18.1 Å². The first-order valence-corrected chi connectivity index (χ1v) is 8.49. The van der Waals surface area contributed by atoms with Gasteiger partial charge in [-0.15, -0.1) is 0 Å². The molecule has 0 saturated carbocycles. The van der Waals surface area contributed by atoms with Gasteiger partial charge in [0.05, 0.1) is 27.2 Å². The molecule has 0 aliphatic carbocycles. The molecule has 2 aromatic heterocycles. The maximum Gasteiger partial charge on any atom is 0.318 e. The number of ketones is 1. The fourth-order valence-electron chi connectivity index (χ4n) is 2.87. The Morgan fingerprint density at radius 2 is 1.94 bits per heavy atom. The highest BCUT2D eigenvalue weighted by molar-refractivity contribution is 5.98. The van der Waals surface area contributed by atoms with Crippen molar-refractivity contribution in [2.45, 2.75) is 13.8 Å². The molecule has 13 heteroatoms. The molecule has 156 valence electrons. The number of nitrogens with one attached hydrogen (secondary N) is 1. The molecular weight excluding hydrogens is 413 g/mol. The fourth-order valence-corrected chi connectivity index (χ4v) is 2.87. The Kier molecular flexibility index (Phi) is 5.38. The van der Waals surface area contributed by atoms with Crippen molar-refractivity contribution in [2.24, 2.45) is 0 Å². The zero-order valence-electron chi connectivity index (χ0n) is 16.0. The van der Waals surface area contributed by atoms with Crippen molar-refractivity contribution >= 4 is 28.7 Å². The van der Waals surface area contributed by atoms with Gasteiger partial charge in [-0.2, -0.15) is 10.4 Å². The monoisotopic (exact) mass is 425 g/mol. The van der Waals surface area contributed by atoms with Gasteiger partial charge in [0, 0.05) is 11.4 Å². The summed E-state index contributed by atoms with van der Waals surface area (Å²) in [6.45, 7) is 2.75. The first kappa shape index (κ1) is 21.0. The molecule has 0 bridgehead atoms. The van der Waals surface area contributed by atoms with Gasteiger partial charge in [-0.05, 0) is 32.0 Å². The van der Waals surface area contributed by atoms with E-state index in [9.17, 15) is 29.4 Å². The van der Waals surface area contributed by atoms with Crippen LogP contribution in [0.2, 0.25) is 0 Å². The average Bonchev–Trinajstić information content (AvgIpc) is 3.07. The fraction of sp³-hybridized carbons (Fsp3) is 0.111. The summed E-state index contributed by atoms with van der Waals surface area (Å²) in [7, 11) is 0. The van der Waals surface area contributed by atoms with Gasteiger partial charge in [0.2, 0.25) is 5.82 Å². The zero-order chi connectivity index (χ0) is 22.9. The normalized spacial score (nSPS) is 10.4. The zero-order valence-corrected chi connectivity index (χ0v) is 16.0. The molecule has 0 unspecified atom stereocenters. The van der Waals surface area contributed by atoms with Crippen LogP contribution in [0.15, 0.2) is 30.5 Å². The van der Waals surface area contributed by atoms with Crippen molar-refractivity contribution in [3.8, 4) is 11.8 Å². The second kappa shape index (κ2) is 7.95. The average molecular weight is 425 g/mol. The summed E-state index contributed by atoms with van der Waals surface area (Å²) < 4.78 is 16.0. The van der Waals surface area contributed by atoms with E-state index in [-0.39, 0.29) is 28.5 Å². The first-order valence-electron chi connectivity index (χ1n) is 8.49. The number of anilines is 2. The van der Waals surface area contributed by atoms with Crippen molar-refractivity contribution in [2.75, 3.05) is 5.32 Å². The Balaban J connectivity index is 2.16. The summed E-state index contributed by atoms with van der Waals surface area (Å²) in [5.41, 5.74) is -1.14. The molecule has 0 aliphatic heterocycles. The van der Waals surface area contributed by atoms with Crippen LogP contribution in [0.25, 0.3) is 5.69 Å². The van der Waals surface area contributed by atoms with Crippen molar-refractivity contribution < 1.29 is 19.0 Å². The number of pyridine rings is 1. The molecule has 0 fully saturated rings. The first-order chi connectivity index (χ1) is 14.6. The molecule has 1 N–H and O–H groups in total. The number of aryl methyl sites for hydroxylation is 1. The van der Waals surface area contributed by atoms with E-state index in [2.05, 4.69) is 15.4 Å². The SMILES string of the molecule is CC(=O)c1c(F)cc(Nc2ncc([N+](=O)[O-])cc2[N+](=O)[O-])cc1-n1nc(C#N)cc1C. The molecule has 0 amide bonds. The van der Waals surface area contributed by atoms with Crippen LogP contribution in [0.4, 0.5) is 27.3 Å². The van der Waals surface area contributed by atoms with E-state index in [0.29, 0.717) is 11.8 Å². The number of nitriles is 1. The molecule has 31 heavy (non-hydrogen) atoms. The largest absolute Gasteiger partial charge is 0.334 e. The number of Topliss-reactive ketones (excluding diaryl/α,β-unsaturated/α-hetero) is 1. The number of benzene rings is 1. The number of hydrogen-bond donors (Lipinski definition) is 1. The summed E-state index contributed by atoms with van der Waals surface area (Å²) in [5.74, 6) is -1.91. The third-order valence-electron chi connectivity index (χ3n) is 4.18. The lowest BCUT2D eigenvalue weighted by molar-refractivity contribution is -0.394. The van der Waals surface area contributed by atoms with Crippen molar-refractivity contribution in [3.05, 3.63) is 73.5 Å². The molecule has 0 spiro atoms. The lowest BCUT2D eigenvalue weighted by Gasteiger charge is -2.14. The van der Waals surface area contributed by atoms with Crippen LogP contribution < -0.4 is 5.32 Å². The quantitative estimate of drug-likeness (QED) is 0.353. The summed E-state index contributed by atoms with van der Waals surface area (Å²) in [6.07, 6.45) is 0.813. The van der Waals surface area contributed by atoms with Crippen LogP contribution >= 0.6 is 0 Å². The van der Waals surface area contributed by atoms with E-state index in [4.69, 9.17) is 5.26 Å². The van der Waals surface area contributed by atoms with Gasteiger partial charge in [-0.1, -0.05) is 0 Å². The predicted octanol–water partition coefficient (Wildman–Crippen LogP) is 3.35. The molecule has 0 atom stereocenters. The maximum absolute atomic E-state index is 14.8. The highest BCUT2D eigenvalue weighted by Gasteiger charge is 2.23. The van der Waals surface area contributed by atoms with Gasteiger partial charge in [-0.3, -0.25) is 25.0 Å². The lowest BCUT2D eigenvalue weighted by atomic mass is 10.1. The Hall–Kier alpha value is -4.73. The molecule has 0 saturated heterocycles. The standard InChI is InChI=1S/C18H12FN7O5/c1-9-3-12(7-20)23-24(9)15-5-11(4-14(19)17(15)10(2)27)22-18-16(26(30)31)6-13(8-21-18)25(28)29/h3-6,8H,1-2H3,(H,21,22). The molecule has 2 heterocycles. The topological polar surface area (TPSA) is 170 Å². The minimum atomic E-state index is -0.939. The third-order valence-corrected chi connectivity index (χ3v) is 4.18. The minimum Gasteiger partial charge on any atom is -0.334 e. The number of aromatic nitrogens is 3. The summed E-state index contributed by atoms with van der Waals surface area (Å²) in [5, 5.41) is 37.8. The molecule has 3 rings (SSSR count). The molecule has 3 aromatic rings. The van der Waals surface area contributed by atoms with Crippen molar-refractivity contribution in [1.82, 2.24) is 14.8 Å². The maximum atomic E-state index is 14.8. The third kappa shape index (κ3) is 4.03. The van der Waals surface area contributed by atoms with Crippen molar-refractivity contribution in [3.63, 3.8) is 0 Å². The number of rotatable bonds is 6. The van der Waals surface area contributed by atoms with E-state index >= 15 is 0 Å². The predicted molar refractivity (Wildman–Crippen MR) is 104 cm³/mol. The van der Waals surface area contributed by atoms with Crippen LogP contribution in [0.1, 0.15) is 28.7 Å². The van der Waals surface area contributed by atoms with E-state index in [1.165, 1.54) is 16.8 Å². The molecular formula is C18H12FN7O5. The summed E-state index contributed by atoms with van der Waals surface area (Å²) in [4.78, 5) is 36.2. The Morgan fingerprint density at radius 1 is 1.23 bits per heavy atom.